The summed E-state index contributed by atoms with van der Waals surface area (Å²) in [6.07, 6.45) is 0.960. The van der Waals surface area contributed by atoms with Gasteiger partial charge in [0.25, 0.3) is 0 Å². The monoisotopic (exact) mass is 337 g/mol. The lowest BCUT2D eigenvalue weighted by Crippen LogP contribution is -2.40. The number of hydrogen-bond donors (Lipinski definition) is 1. The Kier molecular flexibility index (Phi) is 6.79. The summed E-state index contributed by atoms with van der Waals surface area (Å²) in [6.45, 7) is 6.85. The van der Waals surface area contributed by atoms with Gasteiger partial charge in [0.2, 0.25) is 0 Å². The van der Waals surface area contributed by atoms with Crippen molar-refractivity contribution in [3.63, 3.8) is 0 Å². The van der Waals surface area contributed by atoms with Crippen molar-refractivity contribution in [3.05, 3.63) is 28.2 Å². The molecule has 1 N–H and O–H groups in total. The van der Waals surface area contributed by atoms with E-state index < -0.39 is 9.84 Å². The van der Waals surface area contributed by atoms with E-state index in [1.165, 1.54) is 12.1 Å². The van der Waals surface area contributed by atoms with Crippen LogP contribution in [0.2, 0.25) is 10.0 Å². The average molecular weight is 338 g/mol. The predicted octanol–water partition coefficient (Wildman–Crippen LogP) is 3.79. The molecule has 0 aliphatic heterocycles. The second kappa shape index (κ2) is 7.64. The fourth-order valence-electron chi connectivity index (χ4n) is 1.86. The molecule has 20 heavy (non-hydrogen) atoms. The van der Waals surface area contributed by atoms with Gasteiger partial charge in [-0.3, -0.25) is 0 Å². The third-order valence-electron chi connectivity index (χ3n) is 3.09. The smallest absolute Gasteiger partial charge is 0.181 e. The quantitative estimate of drug-likeness (QED) is 0.823. The number of sulfone groups is 1. The summed E-state index contributed by atoms with van der Waals surface area (Å²) >= 11 is 11.9. The Bertz CT molecular complexity index is 544. The van der Waals surface area contributed by atoms with E-state index in [9.17, 15) is 8.42 Å². The second-order valence-electron chi connectivity index (χ2n) is 5.16. The van der Waals surface area contributed by atoms with Crippen molar-refractivity contribution in [2.24, 2.45) is 5.92 Å². The first kappa shape index (κ1) is 17.8. The van der Waals surface area contributed by atoms with Crippen LogP contribution in [0.5, 0.6) is 0 Å². The number of benzene rings is 1. The topological polar surface area (TPSA) is 46.2 Å². The predicted molar refractivity (Wildman–Crippen MR) is 85.4 cm³/mol. The molecule has 0 spiro atoms. The fourth-order valence-corrected chi connectivity index (χ4v) is 4.39. The second-order valence-corrected chi connectivity index (χ2v) is 8.01. The zero-order valence-corrected chi connectivity index (χ0v) is 14.3. The van der Waals surface area contributed by atoms with E-state index in [4.69, 9.17) is 23.2 Å². The number of nitrogens with one attached hydrogen (secondary N) is 1. The molecule has 0 saturated carbocycles. The van der Waals surface area contributed by atoms with Crippen LogP contribution in [0, 0.1) is 5.92 Å². The molecule has 1 atom stereocenters. The minimum atomic E-state index is -3.47. The Morgan fingerprint density at radius 2 is 1.90 bits per heavy atom. The minimum Gasteiger partial charge on any atom is -0.313 e. The Morgan fingerprint density at radius 3 is 2.45 bits per heavy atom. The highest BCUT2D eigenvalue weighted by Crippen LogP contribution is 2.26. The Balaban J connectivity index is 3.00. The fraction of sp³-hybridized carbons (Fsp3) is 0.571. The van der Waals surface area contributed by atoms with E-state index in [1.807, 2.05) is 20.8 Å². The van der Waals surface area contributed by atoms with Crippen LogP contribution in [0.4, 0.5) is 0 Å². The van der Waals surface area contributed by atoms with Crippen LogP contribution in [0.15, 0.2) is 23.1 Å². The molecule has 0 fully saturated rings. The van der Waals surface area contributed by atoms with Crippen molar-refractivity contribution in [2.45, 2.75) is 38.1 Å². The maximum absolute atomic E-state index is 12.5. The van der Waals surface area contributed by atoms with Gasteiger partial charge in [0.05, 0.1) is 15.7 Å². The normalized spacial score (nSPS) is 13.7. The van der Waals surface area contributed by atoms with Gasteiger partial charge in [-0.05, 0) is 37.1 Å². The summed E-state index contributed by atoms with van der Waals surface area (Å²) in [5.74, 6) is 0.236. The van der Waals surface area contributed by atoms with Gasteiger partial charge in [-0.2, -0.15) is 0 Å². The van der Waals surface area contributed by atoms with Crippen molar-refractivity contribution < 1.29 is 8.42 Å². The maximum Gasteiger partial charge on any atom is 0.181 e. The van der Waals surface area contributed by atoms with Gasteiger partial charge in [-0.1, -0.05) is 44.0 Å². The molecule has 1 aromatic rings. The van der Waals surface area contributed by atoms with E-state index in [1.54, 1.807) is 6.07 Å². The van der Waals surface area contributed by atoms with E-state index in [2.05, 4.69) is 5.32 Å². The largest absolute Gasteiger partial charge is 0.313 e. The Morgan fingerprint density at radius 1 is 1.25 bits per heavy atom. The third-order valence-corrected chi connectivity index (χ3v) is 5.57. The molecule has 0 radical (unpaired) electrons. The molecule has 3 nitrogen and oxygen atoms in total. The highest BCUT2D eigenvalue weighted by molar-refractivity contribution is 7.91. The molecule has 1 aromatic carbocycles. The van der Waals surface area contributed by atoms with Crippen LogP contribution >= 0.6 is 23.2 Å². The number of rotatable bonds is 7. The summed E-state index contributed by atoms with van der Waals surface area (Å²) < 4.78 is 25.0. The van der Waals surface area contributed by atoms with Gasteiger partial charge < -0.3 is 5.32 Å². The first-order chi connectivity index (χ1) is 9.27. The van der Waals surface area contributed by atoms with Crippen LogP contribution in [0.25, 0.3) is 0 Å². The van der Waals surface area contributed by atoms with Gasteiger partial charge in [0.1, 0.15) is 0 Å². The van der Waals surface area contributed by atoms with E-state index in [0.717, 1.165) is 13.0 Å². The van der Waals surface area contributed by atoms with Crippen LogP contribution in [0.1, 0.15) is 27.2 Å². The average Bonchev–Trinajstić information content (AvgIpc) is 2.36. The van der Waals surface area contributed by atoms with Crippen molar-refractivity contribution in [1.29, 1.82) is 0 Å². The molecule has 0 aliphatic rings. The molecule has 1 rings (SSSR count). The number of hydrogen-bond acceptors (Lipinski definition) is 3. The SMILES string of the molecule is CCCNC(CS(=O)(=O)c1cc(Cl)ccc1Cl)C(C)C. The summed E-state index contributed by atoms with van der Waals surface area (Å²) in [7, 11) is -3.47. The van der Waals surface area contributed by atoms with Crippen LogP contribution in [-0.2, 0) is 9.84 Å². The van der Waals surface area contributed by atoms with Crippen molar-refractivity contribution in [2.75, 3.05) is 12.3 Å². The molecule has 0 heterocycles. The highest BCUT2D eigenvalue weighted by Gasteiger charge is 2.25. The van der Waals surface area contributed by atoms with Gasteiger partial charge >= 0.3 is 0 Å². The zero-order valence-electron chi connectivity index (χ0n) is 12.0. The first-order valence-electron chi connectivity index (χ1n) is 6.69. The molecule has 0 saturated heterocycles. The standard InChI is InChI=1S/C14H21Cl2NO2S/c1-4-7-17-13(10(2)3)9-20(18,19)14-8-11(15)5-6-12(14)16/h5-6,8,10,13,17H,4,7,9H2,1-3H3. The summed E-state index contributed by atoms with van der Waals surface area (Å²) in [6, 6.07) is 4.41. The van der Waals surface area contributed by atoms with Gasteiger partial charge in [-0.25, -0.2) is 8.42 Å². The molecule has 6 heteroatoms. The molecular formula is C14H21Cl2NO2S. The molecule has 114 valence electrons. The van der Waals surface area contributed by atoms with Crippen molar-refractivity contribution in [1.82, 2.24) is 5.32 Å². The van der Waals surface area contributed by atoms with Gasteiger partial charge in [0, 0.05) is 11.1 Å². The Labute approximate surface area is 131 Å². The highest BCUT2D eigenvalue weighted by atomic mass is 35.5. The number of halogens is 2. The summed E-state index contributed by atoms with van der Waals surface area (Å²) in [4.78, 5) is 0.107. The van der Waals surface area contributed by atoms with Gasteiger partial charge in [0.15, 0.2) is 9.84 Å². The molecular weight excluding hydrogens is 317 g/mol. The molecule has 1 unspecified atom stereocenters. The summed E-state index contributed by atoms with van der Waals surface area (Å²) in [5.41, 5.74) is 0. The molecule has 0 bridgehead atoms. The first-order valence-corrected chi connectivity index (χ1v) is 9.10. The zero-order chi connectivity index (χ0) is 15.3. The van der Waals surface area contributed by atoms with E-state index >= 15 is 0 Å². The van der Waals surface area contributed by atoms with Crippen LogP contribution in [0.3, 0.4) is 0 Å². The minimum absolute atomic E-state index is 0.0186. The van der Waals surface area contributed by atoms with Crippen molar-refractivity contribution in [3.8, 4) is 0 Å². The van der Waals surface area contributed by atoms with Crippen molar-refractivity contribution >= 4 is 33.0 Å². The lowest BCUT2D eigenvalue weighted by atomic mass is 10.1. The van der Waals surface area contributed by atoms with Crippen LogP contribution < -0.4 is 5.32 Å². The van der Waals surface area contributed by atoms with Gasteiger partial charge in [-0.15, -0.1) is 0 Å². The molecule has 0 aliphatic carbocycles. The molecule has 0 amide bonds. The summed E-state index contributed by atoms with van der Waals surface area (Å²) in [5, 5.41) is 3.86. The van der Waals surface area contributed by atoms with E-state index in [0.29, 0.717) is 5.02 Å². The Hall–Kier alpha value is -0.290. The molecule has 0 aromatic heterocycles. The van der Waals surface area contributed by atoms with Crippen LogP contribution in [-0.4, -0.2) is 26.8 Å². The third kappa shape index (κ3) is 4.92. The maximum atomic E-state index is 12.5. The lowest BCUT2D eigenvalue weighted by Gasteiger charge is -2.22. The van der Waals surface area contributed by atoms with E-state index in [-0.39, 0.29) is 27.6 Å². The lowest BCUT2D eigenvalue weighted by molar-refractivity contribution is 0.426.